The van der Waals surface area contributed by atoms with E-state index in [9.17, 15) is 4.39 Å². The Bertz CT molecular complexity index is 426. The second kappa shape index (κ2) is 5.99. The summed E-state index contributed by atoms with van der Waals surface area (Å²) in [7, 11) is 0. The molecule has 1 aromatic rings. The standard InChI is InChI=1S/C13H16FNO.C2H6O/c1-13(9-5-2-3-7-11(9)14)10-6-4-8-12(10)16-15-13;1-2-3/h2-3,5,7,10,12,15H,4,6,8H2,1H3;3H,2H2,1H3. The summed E-state index contributed by atoms with van der Waals surface area (Å²) >= 11 is 0. The topological polar surface area (TPSA) is 41.5 Å². The fourth-order valence-corrected chi connectivity index (χ4v) is 3.14. The van der Waals surface area contributed by atoms with Gasteiger partial charge in [-0.3, -0.25) is 4.84 Å². The summed E-state index contributed by atoms with van der Waals surface area (Å²) in [5, 5.41) is 7.57. The molecule has 1 aromatic carbocycles. The zero-order chi connectivity index (χ0) is 13.9. The number of hydrogen-bond donors (Lipinski definition) is 2. The number of nitrogens with one attached hydrogen (secondary N) is 1. The van der Waals surface area contributed by atoms with Crippen LogP contribution in [0.25, 0.3) is 0 Å². The van der Waals surface area contributed by atoms with E-state index in [1.54, 1.807) is 13.0 Å². The third-order valence-corrected chi connectivity index (χ3v) is 4.05. The Morgan fingerprint density at radius 2 is 2.11 bits per heavy atom. The van der Waals surface area contributed by atoms with Gasteiger partial charge in [-0.25, -0.2) is 4.39 Å². The number of aliphatic hydroxyl groups excluding tert-OH is 1. The molecule has 0 radical (unpaired) electrons. The van der Waals surface area contributed by atoms with Crippen molar-refractivity contribution in [2.75, 3.05) is 6.61 Å². The molecule has 0 aromatic heterocycles. The van der Waals surface area contributed by atoms with Gasteiger partial charge in [-0.05, 0) is 32.8 Å². The van der Waals surface area contributed by atoms with Crippen LogP contribution in [0.5, 0.6) is 0 Å². The van der Waals surface area contributed by atoms with Gasteiger partial charge in [0.2, 0.25) is 0 Å². The van der Waals surface area contributed by atoms with Gasteiger partial charge in [0, 0.05) is 18.1 Å². The Balaban J connectivity index is 0.000000408. The van der Waals surface area contributed by atoms with E-state index < -0.39 is 0 Å². The number of aliphatic hydroxyl groups is 1. The summed E-state index contributed by atoms with van der Waals surface area (Å²) in [5.41, 5.74) is 3.41. The van der Waals surface area contributed by atoms with Crippen LogP contribution in [-0.2, 0) is 10.4 Å². The Morgan fingerprint density at radius 3 is 2.79 bits per heavy atom. The Labute approximate surface area is 113 Å². The molecule has 106 valence electrons. The first-order valence-electron chi connectivity index (χ1n) is 6.92. The minimum absolute atomic E-state index is 0.145. The summed E-state index contributed by atoms with van der Waals surface area (Å²) in [6.45, 7) is 3.97. The van der Waals surface area contributed by atoms with Gasteiger partial charge in [0.15, 0.2) is 0 Å². The highest BCUT2D eigenvalue weighted by atomic mass is 19.1. The maximum atomic E-state index is 13.8. The monoisotopic (exact) mass is 267 g/mol. The molecule has 3 rings (SSSR count). The van der Waals surface area contributed by atoms with E-state index in [0.717, 1.165) is 18.4 Å². The zero-order valence-electron chi connectivity index (χ0n) is 11.5. The predicted octanol–water partition coefficient (Wildman–Crippen LogP) is 2.74. The second-order valence-corrected chi connectivity index (χ2v) is 5.29. The average molecular weight is 267 g/mol. The van der Waals surface area contributed by atoms with E-state index in [1.165, 1.54) is 12.5 Å². The lowest BCUT2D eigenvalue weighted by molar-refractivity contribution is 0.0113. The predicted molar refractivity (Wildman–Crippen MR) is 71.9 cm³/mol. The van der Waals surface area contributed by atoms with E-state index in [4.69, 9.17) is 9.94 Å². The molecular weight excluding hydrogens is 245 g/mol. The van der Waals surface area contributed by atoms with Gasteiger partial charge in [0.1, 0.15) is 5.82 Å². The summed E-state index contributed by atoms with van der Waals surface area (Å²) in [6, 6.07) is 6.98. The van der Waals surface area contributed by atoms with Crippen LogP contribution < -0.4 is 5.48 Å². The van der Waals surface area contributed by atoms with Crippen LogP contribution in [0.2, 0.25) is 0 Å². The van der Waals surface area contributed by atoms with Crippen LogP contribution >= 0.6 is 0 Å². The Morgan fingerprint density at radius 1 is 1.42 bits per heavy atom. The number of hydroxylamine groups is 1. The van der Waals surface area contributed by atoms with Gasteiger partial charge in [-0.2, -0.15) is 5.48 Å². The van der Waals surface area contributed by atoms with Gasteiger partial charge in [0.05, 0.1) is 11.6 Å². The number of hydrogen-bond acceptors (Lipinski definition) is 3. The minimum Gasteiger partial charge on any atom is -0.397 e. The average Bonchev–Trinajstić information content (AvgIpc) is 2.96. The number of halogens is 1. The first-order valence-corrected chi connectivity index (χ1v) is 6.92. The summed E-state index contributed by atoms with van der Waals surface area (Å²) < 4.78 is 13.8. The number of rotatable bonds is 1. The van der Waals surface area contributed by atoms with Crippen molar-refractivity contribution in [1.82, 2.24) is 5.48 Å². The van der Waals surface area contributed by atoms with Crippen molar-refractivity contribution in [1.29, 1.82) is 0 Å². The summed E-state index contributed by atoms with van der Waals surface area (Å²) in [5.74, 6) is 0.248. The Kier molecular flexibility index (Phi) is 4.55. The maximum Gasteiger partial charge on any atom is 0.128 e. The molecule has 3 unspecified atom stereocenters. The van der Waals surface area contributed by atoms with E-state index in [1.807, 2.05) is 19.1 Å². The summed E-state index contributed by atoms with van der Waals surface area (Å²) in [6.07, 6.45) is 3.63. The molecule has 4 heteroatoms. The largest absolute Gasteiger partial charge is 0.397 e. The van der Waals surface area contributed by atoms with E-state index in [2.05, 4.69) is 5.48 Å². The van der Waals surface area contributed by atoms with E-state index in [0.29, 0.717) is 5.92 Å². The lowest BCUT2D eigenvalue weighted by Gasteiger charge is -2.29. The lowest BCUT2D eigenvalue weighted by atomic mass is 9.79. The molecule has 1 aliphatic carbocycles. The number of fused-ring (bicyclic) bond motifs is 1. The molecule has 19 heavy (non-hydrogen) atoms. The van der Waals surface area contributed by atoms with Crippen molar-refractivity contribution in [2.24, 2.45) is 5.92 Å². The van der Waals surface area contributed by atoms with Crippen molar-refractivity contribution >= 4 is 0 Å². The fraction of sp³-hybridized carbons (Fsp3) is 0.600. The van der Waals surface area contributed by atoms with Gasteiger partial charge in [-0.15, -0.1) is 0 Å². The van der Waals surface area contributed by atoms with Gasteiger partial charge in [0.25, 0.3) is 0 Å². The van der Waals surface area contributed by atoms with Crippen molar-refractivity contribution in [3.8, 4) is 0 Å². The summed E-state index contributed by atoms with van der Waals surface area (Å²) in [4.78, 5) is 5.59. The molecule has 2 fully saturated rings. The minimum atomic E-state index is -0.369. The molecule has 0 bridgehead atoms. The molecule has 1 saturated carbocycles. The maximum absolute atomic E-state index is 13.8. The third-order valence-electron chi connectivity index (χ3n) is 4.05. The first kappa shape index (κ1) is 14.4. The first-order chi connectivity index (χ1) is 9.13. The molecule has 1 heterocycles. The molecule has 3 nitrogen and oxygen atoms in total. The second-order valence-electron chi connectivity index (χ2n) is 5.29. The lowest BCUT2D eigenvalue weighted by Crippen LogP contribution is -2.39. The quantitative estimate of drug-likeness (QED) is 0.822. The smallest absolute Gasteiger partial charge is 0.128 e. The molecular formula is C15H22FNO2. The van der Waals surface area contributed by atoms with Crippen molar-refractivity contribution < 1.29 is 14.3 Å². The van der Waals surface area contributed by atoms with Gasteiger partial charge in [-0.1, -0.05) is 24.6 Å². The molecule has 0 spiro atoms. The van der Waals surface area contributed by atoms with Crippen molar-refractivity contribution in [2.45, 2.75) is 44.8 Å². The number of benzene rings is 1. The van der Waals surface area contributed by atoms with Gasteiger partial charge >= 0.3 is 0 Å². The molecule has 2 N–H and O–H groups in total. The van der Waals surface area contributed by atoms with E-state index >= 15 is 0 Å². The fourth-order valence-electron chi connectivity index (χ4n) is 3.14. The molecule has 1 aliphatic heterocycles. The molecule has 0 amide bonds. The van der Waals surface area contributed by atoms with E-state index in [-0.39, 0.29) is 24.1 Å². The van der Waals surface area contributed by atoms with Crippen molar-refractivity contribution in [3.63, 3.8) is 0 Å². The Hall–Kier alpha value is -0.970. The molecule has 1 saturated heterocycles. The molecule has 2 aliphatic rings. The highest BCUT2D eigenvalue weighted by molar-refractivity contribution is 5.28. The highest BCUT2D eigenvalue weighted by Gasteiger charge is 2.50. The van der Waals surface area contributed by atoms with Crippen LogP contribution in [0, 0.1) is 11.7 Å². The van der Waals surface area contributed by atoms with Crippen molar-refractivity contribution in [3.05, 3.63) is 35.6 Å². The zero-order valence-corrected chi connectivity index (χ0v) is 11.5. The normalized spacial score (nSPS) is 32.6. The van der Waals surface area contributed by atoms with Crippen LogP contribution in [-0.4, -0.2) is 17.8 Å². The van der Waals surface area contributed by atoms with Gasteiger partial charge < -0.3 is 5.11 Å². The van der Waals surface area contributed by atoms with Crippen LogP contribution in [0.3, 0.4) is 0 Å². The SMILES string of the molecule is CC1(c2ccccc2F)NOC2CCCC21.CCO. The van der Waals surface area contributed by atoms with Crippen LogP contribution in [0.1, 0.15) is 38.7 Å². The van der Waals surface area contributed by atoms with Crippen LogP contribution in [0.4, 0.5) is 4.39 Å². The van der Waals surface area contributed by atoms with Crippen LogP contribution in [0.15, 0.2) is 24.3 Å². The third kappa shape index (κ3) is 2.66. The molecule has 3 atom stereocenters. The highest BCUT2D eigenvalue weighted by Crippen LogP contribution is 2.46.